The van der Waals surface area contributed by atoms with Crippen LogP contribution in [0.15, 0.2) is 84.2 Å². The third-order valence-electron chi connectivity index (χ3n) is 16.5. The molecular weight excluding hydrogens is 1090 g/mol. The van der Waals surface area contributed by atoms with Crippen molar-refractivity contribution in [1.29, 1.82) is 0 Å². The zero-order valence-corrected chi connectivity index (χ0v) is 50.5. The Labute approximate surface area is 494 Å². The highest BCUT2D eigenvalue weighted by Crippen LogP contribution is 2.38. The van der Waals surface area contributed by atoms with Crippen molar-refractivity contribution in [2.75, 3.05) is 34.4 Å². The van der Waals surface area contributed by atoms with Gasteiger partial charge in [0, 0.05) is 95.5 Å². The Hall–Kier alpha value is -6.23. The molecule has 15 atom stereocenters. The summed E-state index contributed by atoms with van der Waals surface area (Å²) < 4.78 is 35.7. The van der Waals surface area contributed by atoms with Crippen molar-refractivity contribution < 1.29 is 87.2 Å². The number of cyclic esters (lactones) is 1. The van der Waals surface area contributed by atoms with E-state index >= 15 is 0 Å². The number of carboxylic acid groups (broad SMARTS) is 2. The van der Waals surface area contributed by atoms with Crippen molar-refractivity contribution in [3.63, 3.8) is 0 Å². The molecule has 1 saturated carbocycles. The topological polar surface area (TPSA) is 301 Å². The molecule has 0 radical (unpaired) electrons. The summed E-state index contributed by atoms with van der Waals surface area (Å²) >= 11 is 0. The Bertz CT molecular complexity index is 2510. The van der Waals surface area contributed by atoms with Crippen LogP contribution in [-0.4, -0.2) is 167 Å². The number of aliphatic hydroxyl groups is 2. The molecule has 2 bridgehead atoms. The number of pyridine rings is 1. The van der Waals surface area contributed by atoms with Crippen molar-refractivity contribution in [3.05, 3.63) is 89.8 Å². The predicted molar refractivity (Wildman–Crippen MR) is 310 cm³/mol. The van der Waals surface area contributed by atoms with Gasteiger partial charge in [-0.15, -0.1) is 0 Å². The van der Waals surface area contributed by atoms with Gasteiger partial charge < -0.3 is 59.1 Å². The lowest BCUT2D eigenvalue weighted by molar-refractivity contribution is -0.265. The summed E-state index contributed by atoms with van der Waals surface area (Å²) in [7, 11) is 4.52. The quantitative estimate of drug-likeness (QED) is 0.0595. The van der Waals surface area contributed by atoms with Crippen molar-refractivity contribution in [2.45, 2.75) is 186 Å². The van der Waals surface area contributed by atoms with Gasteiger partial charge in [-0.25, -0.2) is 19.2 Å². The summed E-state index contributed by atoms with van der Waals surface area (Å²) in [4.78, 5) is 109. The first-order valence-electron chi connectivity index (χ1n) is 29.3. The van der Waals surface area contributed by atoms with E-state index in [4.69, 9.17) is 38.6 Å². The Morgan fingerprint density at radius 2 is 1.57 bits per heavy atom. The van der Waals surface area contributed by atoms with Crippen LogP contribution in [0.4, 0.5) is 4.79 Å². The molecule has 4 heterocycles. The third kappa shape index (κ3) is 21.4. The second kappa shape index (κ2) is 34.7. The molecular formula is C63H91N3O18. The molecule has 21 heteroatoms. The Morgan fingerprint density at radius 1 is 0.857 bits per heavy atom. The number of aromatic nitrogens is 1. The predicted octanol–water partition coefficient (Wildman–Crippen LogP) is 7.26. The van der Waals surface area contributed by atoms with Gasteiger partial charge in [0.25, 0.3) is 11.7 Å². The van der Waals surface area contributed by atoms with E-state index in [-0.39, 0.29) is 42.8 Å². The molecule has 1 aromatic rings. The van der Waals surface area contributed by atoms with Crippen molar-refractivity contribution in [1.82, 2.24) is 15.2 Å². The molecule has 5 rings (SSSR count). The second-order valence-electron chi connectivity index (χ2n) is 23.0. The minimum absolute atomic E-state index is 0.00205. The van der Waals surface area contributed by atoms with Gasteiger partial charge in [0.15, 0.2) is 5.78 Å². The lowest BCUT2D eigenvalue weighted by Crippen LogP contribution is -2.61. The number of fused-ring (bicyclic) bond motifs is 3. The molecule has 1 unspecified atom stereocenters. The van der Waals surface area contributed by atoms with Gasteiger partial charge in [0.1, 0.15) is 36.2 Å². The number of rotatable bonds is 12. The highest BCUT2D eigenvalue weighted by atomic mass is 16.6. The molecule has 1 aromatic heterocycles. The van der Waals surface area contributed by atoms with Crippen LogP contribution in [0.25, 0.3) is 0 Å². The molecule has 3 fully saturated rings. The van der Waals surface area contributed by atoms with E-state index < -0.39 is 114 Å². The van der Waals surface area contributed by atoms with Crippen LogP contribution in [0.2, 0.25) is 0 Å². The molecule has 1 aliphatic carbocycles. The Morgan fingerprint density at radius 3 is 2.21 bits per heavy atom. The zero-order chi connectivity index (χ0) is 62.3. The molecule has 84 heavy (non-hydrogen) atoms. The number of ether oxygens (including phenoxy) is 6. The van der Waals surface area contributed by atoms with Gasteiger partial charge in [-0.1, -0.05) is 77.1 Å². The van der Waals surface area contributed by atoms with Crippen LogP contribution in [0.5, 0.6) is 0 Å². The Kier molecular flexibility index (Phi) is 29.0. The molecule has 466 valence electrons. The molecule has 2 saturated heterocycles. The number of aliphatic hydroxyl groups excluding tert-OH is 1. The summed E-state index contributed by atoms with van der Waals surface area (Å²) in [5.74, 6) is -10.9. The number of esters is 1. The fourth-order valence-electron chi connectivity index (χ4n) is 11.4. The van der Waals surface area contributed by atoms with E-state index in [9.17, 15) is 48.6 Å². The number of nitrogens with zero attached hydrogens (tertiary/aromatic N) is 2. The van der Waals surface area contributed by atoms with Crippen LogP contribution < -0.4 is 5.32 Å². The van der Waals surface area contributed by atoms with E-state index in [2.05, 4.69) is 10.3 Å². The number of hydrogen-bond acceptors (Lipinski definition) is 17. The molecule has 5 N–H and O–H groups in total. The van der Waals surface area contributed by atoms with Gasteiger partial charge in [-0.2, -0.15) is 0 Å². The molecule has 21 nitrogen and oxygen atoms in total. The van der Waals surface area contributed by atoms with Gasteiger partial charge in [-0.3, -0.25) is 24.2 Å². The number of aliphatic carboxylic acids is 2. The highest BCUT2D eigenvalue weighted by molar-refractivity contribution is 6.39. The summed E-state index contributed by atoms with van der Waals surface area (Å²) in [5, 5.41) is 42.0. The summed E-state index contributed by atoms with van der Waals surface area (Å²) in [6.45, 7) is 13.0. The normalized spacial score (nSPS) is 33.5. The lowest BCUT2D eigenvalue weighted by Gasteiger charge is -2.42. The number of amides is 2. The maximum absolute atomic E-state index is 14.6. The van der Waals surface area contributed by atoms with Gasteiger partial charge in [-0.05, 0) is 119 Å². The number of methoxy groups -OCH3 is 3. The van der Waals surface area contributed by atoms with Crippen molar-refractivity contribution in [3.8, 4) is 0 Å². The minimum atomic E-state index is -2.46. The van der Waals surface area contributed by atoms with Crippen LogP contribution in [-0.2, 0) is 68.4 Å². The number of hydrogen-bond donors (Lipinski definition) is 5. The lowest BCUT2D eigenvalue weighted by atomic mass is 9.78. The fraction of sp³-hybridized carbons (Fsp3) is 0.635. The van der Waals surface area contributed by atoms with Crippen molar-refractivity contribution in [2.24, 2.45) is 35.5 Å². The van der Waals surface area contributed by atoms with Crippen LogP contribution in [0, 0.1) is 35.5 Å². The largest absolute Gasteiger partial charge is 0.478 e. The summed E-state index contributed by atoms with van der Waals surface area (Å²) in [5.41, 5.74) is 2.08. The third-order valence-corrected chi connectivity index (χ3v) is 16.5. The number of carbonyl (C=O) groups excluding carboxylic acids is 6. The maximum atomic E-state index is 14.6. The van der Waals surface area contributed by atoms with E-state index in [1.54, 1.807) is 47.3 Å². The standard InChI is InChI=1S/C59H87N3O14.C4H4O4/c1-36-18-12-11-13-19-37(2)49(71-8)34-45-24-22-42(7)59(70,76-45)55(66)56(67)62-29-17-15-21-46(62)57(68)74-50(35-47(63)38(3)31-41(6)53(65)54(73-10)52(64)40(5)30-36)39(4)32-43-23-25-48(51(33-43)72-9)75-58(69)61-28-26-44-20-14-16-27-60-44;5-3(6)1-2-4(7)8/h11-14,16,18-20,27,31,36,38-40,42-43,45-46,48-51,53-54,65,70H,15,17,21-26,28-30,32-35H2,1-10H3,(H,61,69);1-2H,(H,5,6)(H,7,8)/b13-11+,18-12-,37-19+,41-31+;2-1-/t36-,38-,39-,40-,42-,43?,45+,46+,48+,49+,50+,51+,53-,54+,59-;/m1./s1. The Balaban J connectivity index is 0.00000176. The SMILES string of the molecule is CO[C@H]1C[C@@H]2CC[C@@H](C)[C@@](O)(O2)C(=O)C(=O)N2CCCC[C@H]2C(=O)O[C@H]([C@H](C)CC2CC[C@H](OC(=O)NCCc3ccccn3)[C@@H](OC)C2)CC(=O)[C@H](C)/C=C(\C)[C@@H](O)[C@@H](OC)C(=O)[C@H](C)C[C@H](C)\C=C/C=C/C=C/1C.O=C(O)/C=C\C(=O)O. The van der Waals surface area contributed by atoms with Gasteiger partial charge in [0.2, 0.25) is 5.79 Å². The number of carbonyl (C=O) groups is 8. The average Bonchev–Trinajstić information content (AvgIpc) is 1.91. The second-order valence-corrected chi connectivity index (χ2v) is 23.0. The molecule has 0 aromatic carbocycles. The number of Topliss-reactive ketones (excluding diaryl/α,β-unsaturated/α-hetero) is 3. The van der Waals surface area contributed by atoms with Gasteiger partial charge >= 0.3 is 24.0 Å². The summed E-state index contributed by atoms with van der Waals surface area (Å²) in [6.07, 6.45) is 13.4. The maximum Gasteiger partial charge on any atom is 0.407 e. The molecule has 0 spiro atoms. The molecule has 4 aliphatic rings. The van der Waals surface area contributed by atoms with Gasteiger partial charge in [0.05, 0.1) is 18.3 Å². The first kappa shape index (κ1) is 70.3. The van der Waals surface area contributed by atoms with Crippen molar-refractivity contribution >= 4 is 47.3 Å². The average molecular weight is 1180 g/mol. The highest BCUT2D eigenvalue weighted by Gasteiger charge is 2.53. The summed E-state index contributed by atoms with van der Waals surface area (Å²) in [6, 6.07) is 4.42. The fourth-order valence-corrected chi connectivity index (χ4v) is 11.4. The molecule has 2 amide bonds. The zero-order valence-electron chi connectivity index (χ0n) is 50.5. The number of carboxylic acids is 2. The smallest absolute Gasteiger partial charge is 0.407 e. The number of piperidine rings is 1. The van der Waals surface area contributed by atoms with E-state index in [0.717, 1.165) is 11.3 Å². The molecule has 3 aliphatic heterocycles. The monoisotopic (exact) mass is 1180 g/mol. The minimum Gasteiger partial charge on any atom is -0.478 e. The van der Waals surface area contributed by atoms with Crippen LogP contribution in [0.1, 0.15) is 131 Å². The number of ketones is 3. The van der Waals surface area contributed by atoms with Crippen LogP contribution in [0.3, 0.4) is 0 Å². The number of alkyl carbamates (subject to hydrolysis) is 1. The van der Waals surface area contributed by atoms with E-state index in [1.807, 2.05) is 76.3 Å². The first-order valence-corrected chi connectivity index (χ1v) is 29.3. The van der Waals surface area contributed by atoms with E-state index in [0.29, 0.717) is 94.9 Å². The van der Waals surface area contributed by atoms with Crippen LogP contribution >= 0.6 is 0 Å². The van der Waals surface area contributed by atoms with E-state index in [1.165, 1.54) is 12.0 Å². The first-order chi connectivity index (χ1) is 39.8. The number of allylic oxidation sites excluding steroid dienone is 6. The number of nitrogens with one attached hydrogen (secondary N) is 1.